The number of morpholine rings is 1. The molecule has 2 heterocycles. The SMILES string of the molecule is CN1CCCC2(C1)CN(c1cccc(C#N)c1)CCO2. The van der Waals surface area contributed by atoms with Crippen LogP contribution in [0.1, 0.15) is 18.4 Å². The van der Waals surface area contributed by atoms with Crippen LogP contribution in [0.2, 0.25) is 0 Å². The van der Waals surface area contributed by atoms with Crippen molar-refractivity contribution in [3.05, 3.63) is 29.8 Å². The average Bonchev–Trinajstić information content (AvgIpc) is 2.47. The molecule has 4 nitrogen and oxygen atoms in total. The largest absolute Gasteiger partial charge is 0.370 e. The molecule has 2 aliphatic heterocycles. The van der Waals surface area contributed by atoms with Crippen molar-refractivity contribution in [1.29, 1.82) is 5.26 Å². The van der Waals surface area contributed by atoms with Crippen molar-refractivity contribution >= 4 is 5.69 Å². The summed E-state index contributed by atoms with van der Waals surface area (Å²) in [5.41, 5.74) is 1.83. The molecule has 3 rings (SSSR count). The van der Waals surface area contributed by atoms with Crippen molar-refractivity contribution in [3.63, 3.8) is 0 Å². The zero-order chi connectivity index (χ0) is 14.0. The Kier molecular flexibility index (Phi) is 3.64. The van der Waals surface area contributed by atoms with Crippen LogP contribution in [-0.2, 0) is 4.74 Å². The topological polar surface area (TPSA) is 39.5 Å². The molecular formula is C16H21N3O. The maximum Gasteiger partial charge on any atom is 0.0992 e. The van der Waals surface area contributed by atoms with Gasteiger partial charge in [-0.3, -0.25) is 0 Å². The van der Waals surface area contributed by atoms with E-state index in [2.05, 4.69) is 29.0 Å². The van der Waals surface area contributed by atoms with Gasteiger partial charge in [0, 0.05) is 25.3 Å². The minimum Gasteiger partial charge on any atom is -0.370 e. The van der Waals surface area contributed by atoms with E-state index in [-0.39, 0.29) is 5.60 Å². The number of nitrogens with zero attached hydrogens (tertiary/aromatic N) is 3. The number of rotatable bonds is 1. The zero-order valence-corrected chi connectivity index (χ0v) is 12.0. The molecule has 1 spiro atoms. The van der Waals surface area contributed by atoms with Gasteiger partial charge in [-0.2, -0.15) is 5.26 Å². The molecule has 0 N–H and O–H groups in total. The molecule has 0 aliphatic carbocycles. The molecule has 0 saturated carbocycles. The smallest absolute Gasteiger partial charge is 0.0992 e. The van der Waals surface area contributed by atoms with Crippen LogP contribution in [0.25, 0.3) is 0 Å². The molecule has 0 amide bonds. The fourth-order valence-electron chi connectivity index (χ4n) is 3.41. The summed E-state index contributed by atoms with van der Waals surface area (Å²) in [4.78, 5) is 4.72. The molecule has 1 aromatic rings. The van der Waals surface area contributed by atoms with Gasteiger partial charge in [0.2, 0.25) is 0 Å². The quantitative estimate of drug-likeness (QED) is 0.781. The van der Waals surface area contributed by atoms with Crippen LogP contribution in [0.3, 0.4) is 0 Å². The van der Waals surface area contributed by atoms with E-state index >= 15 is 0 Å². The van der Waals surface area contributed by atoms with Gasteiger partial charge >= 0.3 is 0 Å². The summed E-state index contributed by atoms with van der Waals surface area (Å²) in [6.45, 7) is 4.76. The van der Waals surface area contributed by atoms with Crippen LogP contribution in [0, 0.1) is 11.3 Å². The summed E-state index contributed by atoms with van der Waals surface area (Å²) < 4.78 is 6.14. The Hall–Kier alpha value is -1.57. The summed E-state index contributed by atoms with van der Waals surface area (Å²) >= 11 is 0. The standard InChI is InChI=1S/C16H21N3O/c1-18-7-3-6-16(12-18)13-19(8-9-20-16)15-5-2-4-14(10-15)11-17/h2,4-5,10H,3,6-9,12-13H2,1H3. The first-order valence-electron chi connectivity index (χ1n) is 7.28. The van der Waals surface area contributed by atoms with Crippen molar-refractivity contribution in [2.75, 3.05) is 44.7 Å². The lowest BCUT2D eigenvalue weighted by atomic mass is 9.91. The van der Waals surface area contributed by atoms with Crippen molar-refractivity contribution in [2.45, 2.75) is 18.4 Å². The minimum absolute atomic E-state index is 0.0338. The molecule has 106 valence electrons. The third-order valence-corrected chi connectivity index (χ3v) is 4.32. The second kappa shape index (κ2) is 5.43. The molecule has 1 atom stereocenters. The first-order chi connectivity index (χ1) is 9.71. The lowest BCUT2D eigenvalue weighted by Gasteiger charge is -2.48. The normalized spacial score (nSPS) is 27.5. The number of nitriles is 1. The van der Waals surface area contributed by atoms with Gasteiger partial charge in [0.1, 0.15) is 0 Å². The Bertz CT molecular complexity index is 521. The van der Waals surface area contributed by atoms with Gasteiger partial charge in [0.25, 0.3) is 0 Å². The number of hydrogen-bond donors (Lipinski definition) is 0. The highest BCUT2D eigenvalue weighted by atomic mass is 16.5. The number of hydrogen-bond acceptors (Lipinski definition) is 4. The maximum absolute atomic E-state index is 9.04. The van der Waals surface area contributed by atoms with Crippen molar-refractivity contribution in [3.8, 4) is 6.07 Å². The Morgan fingerprint density at radius 2 is 2.20 bits per heavy atom. The molecule has 0 aromatic heterocycles. The van der Waals surface area contributed by atoms with Gasteiger partial charge < -0.3 is 14.5 Å². The van der Waals surface area contributed by atoms with Crippen molar-refractivity contribution < 1.29 is 4.74 Å². The molecule has 0 radical (unpaired) electrons. The van der Waals surface area contributed by atoms with E-state index in [9.17, 15) is 0 Å². The Morgan fingerprint density at radius 3 is 3.00 bits per heavy atom. The third kappa shape index (κ3) is 2.65. The molecule has 2 fully saturated rings. The van der Waals surface area contributed by atoms with Gasteiger partial charge in [-0.15, -0.1) is 0 Å². The van der Waals surface area contributed by atoms with E-state index in [1.165, 1.54) is 6.42 Å². The predicted molar refractivity (Wildman–Crippen MR) is 78.8 cm³/mol. The van der Waals surface area contributed by atoms with E-state index in [1.54, 1.807) is 0 Å². The first-order valence-corrected chi connectivity index (χ1v) is 7.28. The Labute approximate surface area is 120 Å². The molecule has 4 heteroatoms. The highest BCUT2D eigenvalue weighted by molar-refractivity contribution is 5.52. The van der Waals surface area contributed by atoms with E-state index in [0.29, 0.717) is 0 Å². The lowest BCUT2D eigenvalue weighted by molar-refractivity contribution is -0.0926. The predicted octanol–water partition coefficient (Wildman–Crippen LogP) is 1.86. The molecule has 0 bridgehead atoms. The number of benzene rings is 1. The zero-order valence-electron chi connectivity index (χ0n) is 12.0. The van der Waals surface area contributed by atoms with Crippen LogP contribution in [0.4, 0.5) is 5.69 Å². The summed E-state index contributed by atoms with van der Waals surface area (Å²) in [6.07, 6.45) is 2.33. The summed E-state index contributed by atoms with van der Waals surface area (Å²) in [6, 6.07) is 10.1. The van der Waals surface area contributed by atoms with Crippen LogP contribution in [-0.4, -0.2) is 50.3 Å². The monoisotopic (exact) mass is 271 g/mol. The maximum atomic E-state index is 9.04. The van der Waals surface area contributed by atoms with Crippen LogP contribution in [0.15, 0.2) is 24.3 Å². The second-order valence-corrected chi connectivity index (χ2v) is 5.96. The van der Waals surface area contributed by atoms with Gasteiger partial charge in [-0.05, 0) is 44.6 Å². The fourth-order valence-corrected chi connectivity index (χ4v) is 3.41. The highest BCUT2D eigenvalue weighted by Gasteiger charge is 2.39. The Morgan fingerprint density at radius 1 is 1.30 bits per heavy atom. The minimum atomic E-state index is -0.0338. The van der Waals surface area contributed by atoms with Crippen LogP contribution >= 0.6 is 0 Å². The first kappa shape index (κ1) is 13.4. The van der Waals surface area contributed by atoms with Gasteiger partial charge in [-0.1, -0.05) is 6.07 Å². The van der Waals surface area contributed by atoms with Gasteiger partial charge in [-0.25, -0.2) is 0 Å². The molecule has 2 aliphatic rings. The van der Waals surface area contributed by atoms with E-state index in [1.807, 2.05) is 18.2 Å². The van der Waals surface area contributed by atoms with Crippen LogP contribution in [0.5, 0.6) is 0 Å². The number of ether oxygens (including phenoxy) is 1. The molecule has 20 heavy (non-hydrogen) atoms. The summed E-state index contributed by atoms with van der Waals surface area (Å²) in [5.74, 6) is 0. The Balaban J connectivity index is 1.79. The van der Waals surface area contributed by atoms with Crippen LogP contribution < -0.4 is 4.90 Å². The summed E-state index contributed by atoms with van der Waals surface area (Å²) in [5, 5.41) is 9.04. The second-order valence-electron chi connectivity index (χ2n) is 5.96. The lowest BCUT2D eigenvalue weighted by Crippen LogP contribution is -2.59. The van der Waals surface area contributed by atoms with Gasteiger partial charge in [0.15, 0.2) is 0 Å². The average molecular weight is 271 g/mol. The molecule has 2 saturated heterocycles. The van der Waals surface area contributed by atoms with Gasteiger partial charge in [0.05, 0.1) is 23.8 Å². The van der Waals surface area contributed by atoms with Crippen molar-refractivity contribution in [1.82, 2.24) is 4.90 Å². The third-order valence-electron chi connectivity index (χ3n) is 4.32. The van der Waals surface area contributed by atoms with Crippen molar-refractivity contribution in [2.24, 2.45) is 0 Å². The molecule has 1 unspecified atom stereocenters. The van der Waals surface area contributed by atoms with E-state index in [0.717, 1.165) is 50.5 Å². The highest BCUT2D eigenvalue weighted by Crippen LogP contribution is 2.30. The fraction of sp³-hybridized carbons (Fsp3) is 0.562. The summed E-state index contributed by atoms with van der Waals surface area (Å²) in [7, 11) is 2.17. The molecular weight excluding hydrogens is 250 g/mol. The van der Waals surface area contributed by atoms with E-state index in [4.69, 9.17) is 10.00 Å². The number of anilines is 1. The molecule has 1 aromatic carbocycles. The number of likely N-dealkylation sites (N-methyl/N-ethyl adjacent to an activating group) is 1. The number of piperidine rings is 1. The number of likely N-dealkylation sites (tertiary alicyclic amines) is 1. The van der Waals surface area contributed by atoms with E-state index < -0.39 is 0 Å².